The number of nitrogen functional groups attached to an aromatic ring is 1. The number of benzene rings is 1. The molecule has 0 aliphatic carbocycles. The van der Waals surface area contributed by atoms with Crippen LogP contribution in [0.5, 0.6) is 0 Å². The first-order chi connectivity index (χ1) is 9.08. The third-order valence-corrected chi connectivity index (χ3v) is 4.27. The Bertz CT molecular complexity index is 607. The van der Waals surface area contributed by atoms with E-state index in [0.29, 0.717) is 23.7 Å². The van der Waals surface area contributed by atoms with Gasteiger partial charge in [0.2, 0.25) is 0 Å². The smallest absolute Gasteiger partial charge is 0.266 e. The number of hydrogen-bond donors (Lipinski definition) is 2. The van der Waals surface area contributed by atoms with Gasteiger partial charge < -0.3 is 15.7 Å². The summed E-state index contributed by atoms with van der Waals surface area (Å²) in [6.07, 6.45) is 0. The number of aryl methyl sites for hydroxylation is 1. The van der Waals surface area contributed by atoms with Gasteiger partial charge in [0.15, 0.2) is 0 Å². The molecule has 1 heterocycles. The molecule has 0 bridgehead atoms. The lowest BCUT2D eigenvalue weighted by Crippen LogP contribution is -2.33. The monoisotopic (exact) mass is 278 g/mol. The Hall–Kier alpha value is -1.59. The molecular formula is C14H18N2O2S. The fourth-order valence-electron chi connectivity index (χ4n) is 2.05. The van der Waals surface area contributed by atoms with E-state index in [-0.39, 0.29) is 12.5 Å². The third kappa shape index (κ3) is 2.57. The molecule has 102 valence electrons. The molecule has 0 unspecified atom stereocenters. The number of anilines is 1. The van der Waals surface area contributed by atoms with E-state index in [2.05, 4.69) is 0 Å². The van der Waals surface area contributed by atoms with Crippen LogP contribution in [0.1, 0.15) is 22.2 Å². The average Bonchev–Trinajstić information content (AvgIpc) is 2.72. The van der Waals surface area contributed by atoms with Crippen LogP contribution in [0.15, 0.2) is 18.2 Å². The maximum Gasteiger partial charge on any atom is 0.266 e. The lowest BCUT2D eigenvalue weighted by atomic mass is 10.1. The van der Waals surface area contributed by atoms with Crippen molar-refractivity contribution in [2.24, 2.45) is 0 Å². The molecule has 2 rings (SSSR count). The number of carbonyl (C=O) groups is 1. The SMILES string of the molecule is CCN(CCO)C(=O)c1sc2cc(C)ccc2c1N. The van der Waals surface area contributed by atoms with Gasteiger partial charge in [-0.15, -0.1) is 11.3 Å². The van der Waals surface area contributed by atoms with Gasteiger partial charge in [-0.1, -0.05) is 12.1 Å². The molecule has 0 radical (unpaired) electrons. The predicted molar refractivity (Wildman–Crippen MR) is 79.6 cm³/mol. The molecule has 0 atom stereocenters. The van der Waals surface area contributed by atoms with Gasteiger partial charge in [-0.3, -0.25) is 4.79 Å². The van der Waals surface area contributed by atoms with E-state index < -0.39 is 0 Å². The van der Waals surface area contributed by atoms with Crippen LogP contribution in [0.3, 0.4) is 0 Å². The highest BCUT2D eigenvalue weighted by atomic mass is 32.1. The molecule has 1 amide bonds. The molecule has 0 aliphatic rings. The molecule has 4 nitrogen and oxygen atoms in total. The number of hydrogen-bond acceptors (Lipinski definition) is 4. The number of likely N-dealkylation sites (N-methyl/N-ethyl adjacent to an activating group) is 1. The van der Waals surface area contributed by atoms with Crippen molar-refractivity contribution < 1.29 is 9.90 Å². The van der Waals surface area contributed by atoms with Crippen LogP contribution < -0.4 is 5.73 Å². The number of fused-ring (bicyclic) bond motifs is 1. The summed E-state index contributed by atoms with van der Waals surface area (Å²) in [6.45, 7) is 4.76. The highest BCUT2D eigenvalue weighted by molar-refractivity contribution is 7.21. The van der Waals surface area contributed by atoms with Gasteiger partial charge in [0.1, 0.15) is 4.88 Å². The lowest BCUT2D eigenvalue weighted by molar-refractivity contribution is 0.0738. The van der Waals surface area contributed by atoms with Crippen molar-refractivity contribution in [3.63, 3.8) is 0 Å². The summed E-state index contributed by atoms with van der Waals surface area (Å²) in [4.78, 5) is 14.6. The Labute approximate surface area is 116 Å². The van der Waals surface area contributed by atoms with Crippen LogP contribution in [0.25, 0.3) is 10.1 Å². The summed E-state index contributed by atoms with van der Waals surface area (Å²) >= 11 is 1.42. The Morgan fingerprint density at radius 2 is 2.21 bits per heavy atom. The molecule has 0 spiro atoms. The molecular weight excluding hydrogens is 260 g/mol. The van der Waals surface area contributed by atoms with Crippen LogP contribution in [0.4, 0.5) is 5.69 Å². The van der Waals surface area contributed by atoms with E-state index in [1.807, 2.05) is 32.0 Å². The van der Waals surface area contributed by atoms with Crippen molar-refractivity contribution in [1.82, 2.24) is 4.90 Å². The van der Waals surface area contributed by atoms with Gasteiger partial charge in [0.25, 0.3) is 5.91 Å². The van der Waals surface area contributed by atoms with Crippen molar-refractivity contribution in [1.29, 1.82) is 0 Å². The zero-order chi connectivity index (χ0) is 14.0. The molecule has 3 N–H and O–H groups in total. The highest BCUT2D eigenvalue weighted by Gasteiger charge is 2.20. The first-order valence-electron chi connectivity index (χ1n) is 6.27. The number of aliphatic hydroxyl groups excluding tert-OH is 1. The molecule has 0 aliphatic heterocycles. The van der Waals surface area contributed by atoms with Gasteiger partial charge in [-0.05, 0) is 25.5 Å². The second-order valence-electron chi connectivity index (χ2n) is 4.45. The fourth-order valence-corrected chi connectivity index (χ4v) is 3.24. The summed E-state index contributed by atoms with van der Waals surface area (Å²) in [5.74, 6) is -0.104. The normalized spacial score (nSPS) is 10.9. The van der Waals surface area contributed by atoms with Crippen LogP contribution in [-0.4, -0.2) is 35.6 Å². The van der Waals surface area contributed by atoms with Crippen molar-refractivity contribution in [2.45, 2.75) is 13.8 Å². The minimum Gasteiger partial charge on any atom is -0.397 e. The van der Waals surface area contributed by atoms with Gasteiger partial charge in [0, 0.05) is 23.2 Å². The Morgan fingerprint density at radius 3 is 2.84 bits per heavy atom. The Morgan fingerprint density at radius 1 is 1.47 bits per heavy atom. The number of thiophene rings is 1. The maximum atomic E-state index is 12.4. The van der Waals surface area contributed by atoms with Crippen molar-refractivity contribution in [2.75, 3.05) is 25.4 Å². The molecule has 2 aromatic rings. The predicted octanol–water partition coefficient (Wildman–Crippen LogP) is 2.25. The molecule has 0 saturated carbocycles. The third-order valence-electron chi connectivity index (χ3n) is 3.12. The summed E-state index contributed by atoms with van der Waals surface area (Å²) in [7, 11) is 0. The Balaban J connectivity index is 2.44. The number of nitrogens with two attached hydrogens (primary N) is 1. The summed E-state index contributed by atoms with van der Waals surface area (Å²) in [5.41, 5.74) is 7.77. The summed E-state index contributed by atoms with van der Waals surface area (Å²) < 4.78 is 1.03. The quantitative estimate of drug-likeness (QED) is 0.901. The van der Waals surface area contributed by atoms with Gasteiger partial charge in [-0.25, -0.2) is 0 Å². The molecule has 1 aromatic heterocycles. The van der Waals surface area contributed by atoms with Crippen LogP contribution >= 0.6 is 11.3 Å². The zero-order valence-electron chi connectivity index (χ0n) is 11.1. The van der Waals surface area contributed by atoms with Crippen LogP contribution in [0, 0.1) is 6.92 Å². The van der Waals surface area contributed by atoms with Crippen molar-refractivity contribution >= 4 is 33.0 Å². The van der Waals surface area contributed by atoms with Crippen LogP contribution in [0.2, 0.25) is 0 Å². The largest absolute Gasteiger partial charge is 0.397 e. The molecule has 0 fully saturated rings. The summed E-state index contributed by atoms with van der Waals surface area (Å²) in [5, 5.41) is 9.92. The van der Waals surface area contributed by atoms with Gasteiger partial charge >= 0.3 is 0 Å². The van der Waals surface area contributed by atoms with E-state index >= 15 is 0 Å². The Kier molecular flexibility index (Phi) is 4.07. The van der Waals surface area contributed by atoms with E-state index in [9.17, 15) is 4.79 Å². The topological polar surface area (TPSA) is 66.6 Å². The molecule has 1 aromatic carbocycles. The number of nitrogens with zero attached hydrogens (tertiary/aromatic N) is 1. The number of aliphatic hydroxyl groups is 1. The van der Waals surface area contributed by atoms with Crippen LogP contribution in [-0.2, 0) is 0 Å². The number of rotatable bonds is 4. The number of amides is 1. The van der Waals surface area contributed by atoms with E-state index in [1.165, 1.54) is 11.3 Å². The zero-order valence-corrected chi connectivity index (χ0v) is 12.0. The second kappa shape index (κ2) is 5.59. The molecule has 5 heteroatoms. The maximum absolute atomic E-state index is 12.4. The van der Waals surface area contributed by atoms with E-state index in [4.69, 9.17) is 10.8 Å². The summed E-state index contributed by atoms with van der Waals surface area (Å²) in [6, 6.07) is 5.98. The standard InChI is InChI=1S/C14H18N2O2S/c1-3-16(6-7-17)14(18)13-12(15)10-5-4-9(2)8-11(10)19-13/h4-5,8,17H,3,6-7,15H2,1-2H3. The molecule has 0 saturated heterocycles. The second-order valence-corrected chi connectivity index (χ2v) is 5.51. The van der Waals surface area contributed by atoms with E-state index in [1.54, 1.807) is 4.90 Å². The minimum atomic E-state index is -0.104. The van der Waals surface area contributed by atoms with E-state index in [0.717, 1.165) is 15.6 Å². The first-order valence-corrected chi connectivity index (χ1v) is 7.08. The van der Waals surface area contributed by atoms with Gasteiger partial charge in [0.05, 0.1) is 12.3 Å². The fraction of sp³-hybridized carbons (Fsp3) is 0.357. The average molecular weight is 278 g/mol. The minimum absolute atomic E-state index is 0.0382. The highest BCUT2D eigenvalue weighted by Crippen LogP contribution is 2.34. The first kappa shape index (κ1) is 13.8. The van der Waals surface area contributed by atoms with Crippen molar-refractivity contribution in [3.05, 3.63) is 28.6 Å². The number of carbonyl (C=O) groups excluding carboxylic acids is 1. The molecule has 19 heavy (non-hydrogen) atoms. The van der Waals surface area contributed by atoms with Gasteiger partial charge in [-0.2, -0.15) is 0 Å². The lowest BCUT2D eigenvalue weighted by Gasteiger charge is -2.18. The van der Waals surface area contributed by atoms with Crippen molar-refractivity contribution in [3.8, 4) is 0 Å².